The zero-order valence-corrected chi connectivity index (χ0v) is 12.9. The first kappa shape index (κ1) is 14.5. The molecule has 102 valence electrons. The Labute approximate surface area is 125 Å². The van der Waals surface area contributed by atoms with E-state index >= 15 is 0 Å². The van der Waals surface area contributed by atoms with Crippen molar-refractivity contribution in [2.45, 2.75) is 12.0 Å². The molecule has 3 N–H and O–H groups in total. The third-order valence-electron chi connectivity index (χ3n) is 3.07. The zero-order chi connectivity index (χ0) is 13.8. The van der Waals surface area contributed by atoms with Gasteiger partial charge in [-0.25, -0.2) is 0 Å². The molecule has 1 heterocycles. The van der Waals surface area contributed by atoms with Crippen molar-refractivity contribution in [2.75, 3.05) is 13.7 Å². The van der Waals surface area contributed by atoms with Crippen LogP contribution in [0.4, 0.5) is 0 Å². The predicted molar refractivity (Wildman–Crippen MR) is 81.8 cm³/mol. The highest BCUT2D eigenvalue weighted by molar-refractivity contribution is 9.10. The van der Waals surface area contributed by atoms with Gasteiger partial charge in [0.1, 0.15) is 5.75 Å². The Bertz CT molecular complexity index is 530. The van der Waals surface area contributed by atoms with Crippen LogP contribution < -0.4 is 10.5 Å². The third kappa shape index (κ3) is 3.17. The van der Waals surface area contributed by atoms with Gasteiger partial charge in [0.05, 0.1) is 13.2 Å². The van der Waals surface area contributed by atoms with Gasteiger partial charge in [-0.15, -0.1) is 11.3 Å². The maximum absolute atomic E-state index is 10.6. The van der Waals surface area contributed by atoms with Gasteiger partial charge >= 0.3 is 0 Å². The normalized spacial score (nSPS) is 14.1. The summed E-state index contributed by atoms with van der Waals surface area (Å²) in [5, 5.41) is 12.6. The van der Waals surface area contributed by atoms with E-state index in [1.807, 2.05) is 35.7 Å². The average Bonchev–Trinajstić information content (AvgIpc) is 2.94. The van der Waals surface area contributed by atoms with Crippen LogP contribution in [0.5, 0.6) is 5.75 Å². The second-order valence-corrected chi connectivity index (χ2v) is 6.02. The Morgan fingerprint density at radius 1 is 1.42 bits per heavy atom. The largest absolute Gasteiger partial charge is 0.497 e. The van der Waals surface area contributed by atoms with Crippen LogP contribution in [-0.2, 0) is 0 Å². The van der Waals surface area contributed by atoms with Gasteiger partial charge in [-0.3, -0.25) is 0 Å². The monoisotopic (exact) mass is 341 g/mol. The molecule has 0 fully saturated rings. The van der Waals surface area contributed by atoms with E-state index in [1.54, 1.807) is 18.4 Å². The molecular formula is C14H16BrNO2S. The van der Waals surface area contributed by atoms with Crippen LogP contribution in [0.1, 0.15) is 22.5 Å². The topological polar surface area (TPSA) is 55.5 Å². The van der Waals surface area contributed by atoms with Crippen molar-refractivity contribution in [3.63, 3.8) is 0 Å². The number of halogens is 1. The number of aliphatic hydroxyl groups is 1. The Morgan fingerprint density at radius 3 is 2.79 bits per heavy atom. The van der Waals surface area contributed by atoms with Gasteiger partial charge in [0, 0.05) is 21.8 Å². The van der Waals surface area contributed by atoms with Crippen molar-refractivity contribution in [1.82, 2.24) is 0 Å². The van der Waals surface area contributed by atoms with E-state index in [0.717, 1.165) is 20.7 Å². The molecule has 1 aromatic carbocycles. The van der Waals surface area contributed by atoms with Gasteiger partial charge in [0.25, 0.3) is 0 Å². The van der Waals surface area contributed by atoms with Crippen molar-refractivity contribution in [3.8, 4) is 5.75 Å². The van der Waals surface area contributed by atoms with Crippen LogP contribution >= 0.6 is 27.3 Å². The fourth-order valence-corrected chi connectivity index (χ4v) is 3.35. The molecule has 2 aromatic rings. The highest BCUT2D eigenvalue weighted by atomic mass is 79.9. The highest BCUT2D eigenvalue weighted by Crippen LogP contribution is 2.37. The predicted octanol–water partition coefficient (Wildman–Crippen LogP) is 3.30. The molecule has 0 amide bonds. The SMILES string of the molecule is COc1ccc(Br)c(C(O)C(CN)c2cccs2)c1. The molecule has 1 aromatic heterocycles. The summed E-state index contributed by atoms with van der Waals surface area (Å²) in [5.41, 5.74) is 6.62. The molecule has 0 aliphatic rings. The van der Waals surface area contributed by atoms with Gasteiger partial charge < -0.3 is 15.6 Å². The van der Waals surface area contributed by atoms with Gasteiger partial charge in [0.2, 0.25) is 0 Å². The van der Waals surface area contributed by atoms with E-state index in [1.165, 1.54) is 0 Å². The Hall–Kier alpha value is -0.880. The third-order valence-corrected chi connectivity index (χ3v) is 4.79. The number of rotatable bonds is 5. The van der Waals surface area contributed by atoms with Gasteiger partial charge in [0.15, 0.2) is 0 Å². The molecule has 2 atom stereocenters. The first-order valence-electron chi connectivity index (χ1n) is 5.92. The summed E-state index contributed by atoms with van der Waals surface area (Å²) in [5.74, 6) is 0.614. The maximum Gasteiger partial charge on any atom is 0.119 e. The molecule has 0 aliphatic heterocycles. The minimum Gasteiger partial charge on any atom is -0.497 e. The number of thiophene rings is 1. The average molecular weight is 342 g/mol. The van der Waals surface area contributed by atoms with E-state index in [4.69, 9.17) is 10.5 Å². The molecule has 0 bridgehead atoms. The lowest BCUT2D eigenvalue weighted by Crippen LogP contribution is -2.19. The van der Waals surface area contributed by atoms with Gasteiger partial charge in [-0.2, -0.15) is 0 Å². The summed E-state index contributed by atoms with van der Waals surface area (Å²) in [4.78, 5) is 1.09. The molecule has 0 radical (unpaired) electrons. The lowest BCUT2D eigenvalue weighted by atomic mass is 9.94. The lowest BCUT2D eigenvalue weighted by Gasteiger charge is -2.22. The smallest absolute Gasteiger partial charge is 0.119 e. The fraction of sp³-hybridized carbons (Fsp3) is 0.286. The molecule has 0 saturated carbocycles. The summed E-state index contributed by atoms with van der Waals surface area (Å²) < 4.78 is 6.06. The van der Waals surface area contributed by atoms with Crippen LogP contribution in [0.2, 0.25) is 0 Å². The number of methoxy groups -OCH3 is 1. The summed E-state index contributed by atoms with van der Waals surface area (Å²) in [6.07, 6.45) is -0.659. The van der Waals surface area contributed by atoms with Crippen LogP contribution in [0.15, 0.2) is 40.2 Å². The van der Waals surface area contributed by atoms with Crippen molar-refractivity contribution >= 4 is 27.3 Å². The highest BCUT2D eigenvalue weighted by Gasteiger charge is 2.24. The summed E-state index contributed by atoms with van der Waals surface area (Å²) in [6.45, 7) is 0.394. The maximum atomic E-state index is 10.6. The molecular weight excluding hydrogens is 326 g/mol. The number of nitrogens with two attached hydrogens (primary N) is 1. The minimum atomic E-state index is -0.659. The van der Waals surface area contributed by atoms with Crippen molar-refractivity contribution in [1.29, 1.82) is 0 Å². The molecule has 2 rings (SSSR count). The second kappa shape index (κ2) is 6.52. The molecule has 0 aliphatic carbocycles. The minimum absolute atomic E-state index is 0.108. The molecule has 2 unspecified atom stereocenters. The van der Waals surface area contributed by atoms with Gasteiger partial charge in [-0.1, -0.05) is 22.0 Å². The van der Waals surface area contributed by atoms with Crippen LogP contribution in [-0.4, -0.2) is 18.8 Å². The molecule has 3 nitrogen and oxygen atoms in total. The molecule has 19 heavy (non-hydrogen) atoms. The summed E-state index contributed by atoms with van der Waals surface area (Å²) >= 11 is 5.08. The Kier molecular flexibility index (Phi) is 4.99. The molecule has 0 spiro atoms. The number of aliphatic hydroxyl groups excluding tert-OH is 1. The van der Waals surface area contributed by atoms with Crippen molar-refractivity contribution in [2.24, 2.45) is 5.73 Å². The van der Waals surface area contributed by atoms with E-state index in [9.17, 15) is 5.11 Å². The van der Waals surface area contributed by atoms with Crippen LogP contribution in [0.3, 0.4) is 0 Å². The first-order valence-corrected chi connectivity index (χ1v) is 7.59. The van der Waals surface area contributed by atoms with Crippen LogP contribution in [0, 0.1) is 0 Å². The lowest BCUT2D eigenvalue weighted by molar-refractivity contribution is 0.147. The number of hydrogen-bond acceptors (Lipinski definition) is 4. The number of hydrogen-bond donors (Lipinski definition) is 2. The number of benzene rings is 1. The Morgan fingerprint density at radius 2 is 2.21 bits per heavy atom. The van der Waals surface area contributed by atoms with Crippen molar-refractivity contribution < 1.29 is 9.84 Å². The second-order valence-electron chi connectivity index (χ2n) is 4.19. The Balaban J connectivity index is 2.34. The first-order chi connectivity index (χ1) is 9.17. The number of ether oxygens (including phenoxy) is 1. The molecule has 5 heteroatoms. The summed E-state index contributed by atoms with van der Waals surface area (Å²) in [7, 11) is 1.61. The van der Waals surface area contributed by atoms with Gasteiger partial charge in [-0.05, 0) is 35.2 Å². The fourth-order valence-electron chi connectivity index (χ4n) is 2.00. The zero-order valence-electron chi connectivity index (χ0n) is 10.5. The standard InChI is InChI=1S/C14H16BrNO2S/c1-18-9-4-5-12(15)10(7-9)14(17)11(8-16)13-3-2-6-19-13/h2-7,11,14,17H,8,16H2,1H3. The van der Waals surface area contributed by atoms with E-state index in [0.29, 0.717) is 6.54 Å². The van der Waals surface area contributed by atoms with E-state index < -0.39 is 6.10 Å². The van der Waals surface area contributed by atoms with E-state index in [-0.39, 0.29) is 5.92 Å². The van der Waals surface area contributed by atoms with E-state index in [2.05, 4.69) is 15.9 Å². The van der Waals surface area contributed by atoms with Crippen LogP contribution in [0.25, 0.3) is 0 Å². The quantitative estimate of drug-likeness (QED) is 0.877. The summed E-state index contributed by atoms with van der Waals surface area (Å²) in [6, 6.07) is 9.53. The molecule has 0 saturated heterocycles. The van der Waals surface area contributed by atoms with Crippen molar-refractivity contribution in [3.05, 3.63) is 50.6 Å².